The first kappa shape index (κ1) is 27.3. The maximum Gasteiger partial charge on any atom is 0.328 e. The van der Waals surface area contributed by atoms with Crippen LogP contribution in [0.2, 0.25) is 0 Å². The first-order chi connectivity index (χ1) is 16.1. The number of carbonyl (C=O) groups excluding carboxylic acids is 3. The van der Waals surface area contributed by atoms with Gasteiger partial charge in [-0.3, -0.25) is 14.4 Å². The van der Waals surface area contributed by atoms with Gasteiger partial charge in [-0.2, -0.15) is 0 Å². The quantitative estimate of drug-likeness (QED) is 0.263. The van der Waals surface area contributed by atoms with Gasteiger partial charge in [0.05, 0.1) is 18.5 Å². The van der Waals surface area contributed by atoms with Crippen LogP contribution in [-0.2, 0) is 30.3 Å². The molecule has 1 saturated heterocycles. The molecule has 0 aliphatic carbocycles. The third kappa shape index (κ3) is 6.76. The fourth-order valence-corrected chi connectivity index (χ4v) is 3.87. The topological polar surface area (TPSA) is 180 Å². The maximum atomic E-state index is 13.5. The number of hydrogen-bond donors (Lipinski definition) is 5. The minimum atomic E-state index is -1.26. The Bertz CT molecular complexity index is 847. The Balaban J connectivity index is 2.20. The molecule has 34 heavy (non-hydrogen) atoms. The monoisotopic (exact) mass is 480 g/mol. The molecule has 0 saturated carbocycles. The molecule has 0 aromatic carbocycles. The first-order valence-corrected chi connectivity index (χ1v) is 11.5. The summed E-state index contributed by atoms with van der Waals surface area (Å²) < 4.78 is 5.06. The summed E-state index contributed by atoms with van der Waals surface area (Å²) in [6, 6.07) is -3.87. The molecule has 1 fully saturated rings. The van der Waals surface area contributed by atoms with Crippen LogP contribution in [0, 0.1) is 5.92 Å². The summed E-state index contributed by atoms with van der Waals surface area (Å²) >= 11 is 0. The van der Waals surface area contributed by atoms with Gasteiger partial charge in [-0.25, -0.2) is 9.78 Å². The summed E-state index contributed by atoms with van der Waals surface area (Å²) in [5, 5.41) is 14.7. The van der Waals surface area contributed by atoms with Crippen molar-refractivity contribution in [1.29, 1.82) is 0 Å². The van der Waals surface area contributed by atoms with Crippen LogP contribution in [0.1, 0.15) is 45.7 Å². The number of aromatic amines is 1. The highest BCUT2D eigenvalue weighted by Gasteiger charge is 2.40. The second kappa shape index (κ2) is 12.5. The Morgan fingerprint density at radius 2 is 2.03 bits per heavy atom. The number of likely N-dealkylation sites (tertiary alicyclic amines) is 1. The van der Waals surface area contributed by atoms with E-state index in [1.807, 2.05) is 13.8 Å². The number of methoxy groups -OCH3 is 1. The summed E-state index contributed by atoms with van der Waals surface area (Å²) in [5.74, 6) is -2.79. The molecule has 1 aromatic rings. The average Bonchev–Trinajstić information content (AvgIpc) is 3.51. The van der Waals surface area contributed by atoms with E-state index in [9.17, 15) is 24.3 Å². The Morgan fingerprint density at radius 3 is 2.59 bits per heavy atom. The van der Waals surface area contributed by atoms with Crippen LogP contribution in [-0.4, -0.2) is 87.6 Å². The molecule has 12 nitrogen and oxygen atoms in total. The van der Waals surface area contributed by atoms with Gasteiger partial charge in [0.2, 0.25) is 17.7 Å². The van der Waals surface area contributed by atoms with Crippen LogP contribution in [0.25, 0.3) is 0 Å². The number of nitrogens with two attached hydrogens (primary N) is 1. The molecule has 0 bridgehead atoms. The zero-order valence-electron chi connectivity index (χ0n) is 20.1. The Labute approximate surface area is 199 Å². The molecule has 0 unspecified atom stereocenters. The third-order valence-corrected chi connectivity index (χ3v) is 6.40. The van der Waals surface area contributed by atoms with Crippen LogP contribution < -0.4 is 16.4 Å². The second-order valence-electron chi connectivity index (χ2n) is 8.71. The fraction of sp³-hybridized carbons (Fsp3) is 0.682. The lowest BCUT2D eigenvalue weighted by Crippen LogP contribution is -2.58. The van der Waals surface area contributed by atoms with Crippen LogP contribution in [0.5, 0.6) is 0 Å². The highest BCUT2D eigenvalue weighted by molar-refractivity contribution is 5.94. The van der Waals surface area contributed by atoms with Gasteiger partial charge in [-0.05, 0) is 25.7 Å². The van der Waals surface area contributed by atoms with Gasteiger partial charge >= 0.3 is 5.97 Å². The molecular formula is C22H36N6O6. The minimum absolute atomic E-state index is 0.0797. The summed E-state index contributed by atoms with van der Waals surface area (Å²) in [5.41, 5.74) is 6.69. The van der Waals surface area contributed by atoms with Gasteiger partial charge in [0.1, 0.15) is 12.1 Å². The van der Waals surface area contributed by atoms with Crippen molar-refractivity contribution in [3.8, 4) is 0 Å². The molecule has 190 valence electrons. The Kier molecular flexibility index (Phi) is 9.99. The fourth-order valence-electron chi connectivity index (χ4n) is 3.87. The van der Waals surface area contributed by atoms with Crippen molar-refractivity contribution < 1.29 is 29.0 Å². The molecule has 2 rings (SSSR count). The molecule has 12 heteroatoms. The number of carbonyl (C=O) groups is 4. The number of rotatable bonds is 12. The van der Waals surface area contributed by atoms with Crippen molar-refractivity contribution in [2.75, 3.05) is 13.7 Å². The summed E-state index contributed by atoms with van der Waals surface area (Å²) in [6.45, 7) is 5.62. The van der Waals surface area contributed by atoms with Crippen molar-refractivity contribution >= 4 is 23.7 Å². The lowest BCUT2D eigenvalue weighted by molar-refractivity contribution is -0.147. The lowest BCUT2D eigenvalue weighted by atomic mass is 9.98. The Hall–Kier alpha value is -2.99. The summed E-state index contributed by atoms with van der Waals surface area (Å²) in [7, 11) is 1.35. The molecule has 1 aliphatic heterocycles. The van der Waals surface area contributed by atoms with Crippen LogP contribution in [0.4, 0.5) is 0 Å². The van der Waals surface area contributed by atoms with Gasteiger partial charge in [-0.1, -0.05) is 20.3 Å². The van der Waals surface area contributed by atoms with E-state index in [0.717, 1.165) is 0 Å². The predicted octanol–water partition coefficient (Wildman–Crippen LogP) is -0.594. The molecule has 3 amide bonds. The van der Waals surface area contributed by atoms with Crippen molar-refractivity contribution in [2.45, 2.75) is 76.7 Å². The summed E-state index contributed by atoms with van der Waals surface area (Å²) in [4.78, 5) is 59.0. The molecule has 1 aliphatic rings. The van der Waals surface area contributed by atoms with Crippen molar-refractivity contribution in [3.05, 3.63) is 18.2 Å². The number of nitrogens with one attached hydrogen (secondary N) is 3. The second-order valence-corrected chi connectivity index (χ2v) is 8.71. The SMILES string of the molecule is CC[C@H](C)[C@H](N)C(=O)N[C@@H](Cc1cnc[nH]1)C(=O)N1CCC[C@H]1C(=O)N[C@H](C(=O)O)[C@@H](C)OC. The number of H-pyrrole nitrogens is 1. The molecule has 0 radical (unpaired) electrons. The number of amides is 3. The smallest absolute Gasteiger partial charge is 0.328 e. The molecule has 0 spiro atoms. The van der Waals surface area contributed by atoms with Gasteiger partial charge in [0.15, 0.2) is 6.04 Å². The maximum absolute atomic E-state index is 13.5. The van der Waals surface area contributed by atoms with E-state index in [2.05, 4.69) is 20.6 Å². The number of ether oxygens (including phenoxy) is 1. The van der Waals surface area contributed by atoms with Crippen molar-refractivity contribution in [1.82, 2.24) is 25.5 Å². The van der Waals surface area contributed by atoms with E-state index < -0.39 is 54.0 Å². The molecule has 2 heterocycles. The highest BCUT2D eigenvalue weighted by atomic mass is 16.5. The van der Waals surface area contributed by atoms with E-state index in [0.29, 0.717) is 31.5 Å². The number of nitrogens with zero attached hydrogens (tertiary/aromatic N) is 2. The normalized spacial score (nSPS) is 20.1. The minimum Gasteiger partial charge on any atom is -0.480 e. The van der Waals surface area contributed by atoms with E-state index >= 15 is 0 Å². The molecule has 6 N–H and O–H groups in total. The van der Waals surface area contributed by atoms with Crippen LogP contribution in [0.15, 0.2) is 12.5 Å². The highest BCUT2D eigenvalue weighted by Crippen LogP contribution is 2.20. The zero-order valence-corrected chi connectivity index (χ0v) is 20.1. The van der Waals surface area contributed by atoms with Gasteiger partial charge in [-0.15, -0.1) is 0 Å². The number of hydrogen-bond acceptors (Lipinski definition) is 7. The average molecular weight is 481 g/mol. The molecular weight excluding hydrogens is 444 g/mol. The van der Waals surface area contributed by atoms with Crippen molar-refractivity contribution in [3.63, 3.8) is 0 Å². The number of carboxylic acids is 1. The third-order valence-electron chi connectivity index (χ3n) is 6.40. The van der Waals surface area contributed by atoms with E-state index in [1.54, 1.807) is 6.20 Å². The molecule has 1 aromatic heterocycles. The number of aliphatic carboxylic acids is 1. The van der Waals surface area contributed by atoms with E-state index in [1.165, 1.54) is 25.3 Å². The number of carboxylic acid groups (broad SMARTS) is 1. The number of imidazole rings is 1. The standard InChI is InChI=1S/C22H36N6O6/c1-5-12(2)17(23)20(30)26-15(9-14-10-24-11-25-14)21(31)28-8-6-7-16(28)19(29)27-18(22(32)33)13(3)34-4/h10-13,15-18H,5-9,23H2,1-4H3,(H,24,25)(H,26,30)(H,27,29)(H,32,33)/t12-,13+,15-,16-,17-,18-/m0/s1. The van der Waals surface area contributed by atoms with Gasteiger partial charge in [0.25, 0.3) is 0 Å². The van der Waals surface area contributed by atoms with Gasteiger partial charge in [0, 0.05) is 32.0 Å². The van der Waals surface area contributed by atoms with Gasteiger partial charge < -0.3 is 36.1 Å². The predicted molar refractivity (Wildman–Crippen MR) is 122 cm³/mol. The van der Waals surface area contributed by atoms with E-state index in [4.69, 9.17) is 10.5 Å². The van der Waals surface area contributed by atoms with Crippen LogP contribution in [0.3, 0.4) is 0 Å². The Morgan fingerprint density at radius 1 is 1.32 bits per heavy atom. The first-order valence-electron chi connectivity index (χ1n) is 11.5. The van der Waals surface area contributed by atoms with Crippen LogP contribution >= 0.6 is 0 Å². The largest absolute Gasteiger partial charge is 0.480 e. The lowest BCUT2D eigenvalue weighted by Gasteiger charge is -2.30. The molecule has 6 atom stereocenters. The number of aromatic nitrogens is 2. The zero-order chi connectivity index (χ0) is 25.4. The van der Waals surface area contributed by atoms with E-state index in [-0.39, 0.29) is 12.3 Å². The van der Waals surface area contributed by atoms with Crippen molar-refractivity contribution in [2.24, 2.45) is 11.7 Å². The summed E-state index contributed by atoms with van der Waals surface area (Å²) in [6.07, 6.45) is 4.05.